The molecular formula is C24H27P. The van der Waals surface area contributed by atoms with Gasteiger partial charge in [-0.3, -0.25) is 0 Å². The highest BCUT2D eigenvalue weighted by atomic mass is 31.1. The van der Waals surface area contributed by atoms with Gasteiger partial charge in [0, 0.05) is 0 Å². The van der Waals surface area contributed by atoms with Crippen LogP contribution in [0.5, 0.6) is 0 Å². The molecule has 3 aromatic carbocycles. The second-order valence-electron chi connectivity index (χ2n) is 6.55. The first-order chi connectivity index (χ1) is 12.4. The van der Waals surface area contributed by atoms with Crippen LogP contribution in [0, 0.1) is 0 Å². The van der Waals surface area contributed by atoms with Crippen molar-refractivity contribution in [2.75, 3.05) is 18.5 Å². The monoisotopic (exact) mass is 346 g/mol. The summed E-state index contributed by atoms with van der Waals surface area (Å²) in [6.07, 6.45) is 7.69. The van der Waals surface area contributed by atoms with Gasteiger partial charge in [0.2, 0.25) is 0 Å². The van der Waals surface area contributed by atoms with Crippen molar-refractivity contribution in [2.24, 2.45) is 0 Å². The molecule has 1 heteroatoms. The average Bonchev–Trinajstić information content (AvgIpc) is 2.70. The standard InChI is InChI=1S/C24H27P/c1-4-10-22(11-5-1)16-19-25(20-17-23-12-6-2-7-13-23)21-18-24-14-8-3-9-15-24/h1-15H,16-21H2. The van der Waals surface area contributed by atoms with Crippen molar-refractivity contribution in [1.82, 2.24) is 0 Å². The van der Waals surface area contributed by atoms with Crippen LogP contribution in [0.4, 0.5) is 0 Å². The quantitative estimate of drug-likeness (QED) is 0.405. The average molecular weight is 346 g/mol. The number of aryl methyl sites for hydroxylation is 3. The largest absolute Gasteiger partial charge is 0.106 e. The van der Waals surface area contributed by atoms with Gasteiger partial charge in [-0.05, 0) is 54.4 Å². The minimum atomic E-state index is 0.0683. The van der Waals surface area contributed by atoms with Gasteiger partial charge in [-0.2, -0.15) is 0 Å². The Bertz CT molecular complexity index is 603. The predicted molar refractivity (Wildman–Crippen MR) is 112 cm³/mol. The molecule has 0 radical (unpaired) electrons. The van der Waals surface area contributed by atoms with Crippen LogP contribution in [0.3, 0.4) is 0 Å². The molecule has 0 fully saturated rings. The molecule has 128 valence electrons. The van der Waals surface area contributed by atoms with E-state index in [2.05, 4.69) is 91.0 Å². The molecule has 0 aliphatic carbocycles. The number of rotatable bonds is 9. The summed E-state index contributed by atoms with van der Waals surface area (Å²) in [6.45, 7) is 0. The lowest BCUT2D eigenvalue weighted by Crippen LogP contribution is -2.03. The molecule has 0 unspecified atom stereocenters. The number of hydrogen-bond acceptors (Lipinski definition) is 0. The van der Waals surface area contributed by atoms with Crippen molar-refractivity contribution in [3.8, 4) is 0 Å². The van der Waals surface area contributed by atoms with Gasteiger partial charge >= 0.3 is 0 Å². The smallest absolute Gasteiger partial charge is 0.0239 e. The van der Waals surface area contributed by atoms with Gasteiger partial charge in [0.15, 0.2) is 0 Å². The van der Waals surface area contributed by atoms with Gasteiger partial charge in [0.1, 0.15) is 0 Å². The second kappa shape index (κ2) is 10.2. The molecular weight excluding hydrogens is 319 g/mol. The zero-order valence-corrected chi connectivity index (χ0v) is 15.7. The highest BCUT2D eigenvalue weighted by Crippen LogP contribution is 2.37. The van der Waals surface area contributed by atoms with E-state index in [-0.39, 0.29) is 7.92 Å². The molecule has 0 amide bonds. The highest BCUT2D eigenvalue weighted by Gasteiger charge is 2.09. The fraction of sp³-hybridized carbons (Fsp3) is 0.250. The van der Waals surface area contributed by atoms with Crippen LogP contribution >= 0.6 is 7.92 Å². The summed E-state index contributed by atoms with van der Waals surface area (Å²) in [5.41, 5.74) is 4.44. The molecule has 25 heavy (non-hydrogen) atoms. The van der Waals surface area contributed by atoms with Crippen molar-refractivity contribution >= 4 is 7.92 Å². The van der Waals surface area contributed by atoms with Crippen LogP contribution in [0.1, 0.15) is 16.7 Å². The van der Waals surface area contributed by atoms with Crippen molar-refractivity contribution in [2.45, 2.75) is 19.3 Å². The lowest BCUT2D eigenvalue weighted by atomic mass is 10.2. The Balaban J connectivity index is 1.56. The molecule has 0 saturated carbocycles. The molecule has 0 N–H and O–H groups in total. The Morgan fingerprint density at radius 2 is 0.680 bits per heavy atom. The molecule has 3 aromatic rings. The number of hydrogen-bond donors (Lipinski definition) is 0. The van der Waals surface area contributed by atoms with Crippen LogP contribution in [0.15, 0.2) is 91.0 Å². The normalized spacial score (nSPS) is 10.9. The van der Waals surface area contributed by atoms with Gasteiger partial charge in [-0.15, -0.1) is 7.92 Å². The first kappa shape index (κ1) is 17.9. The summed E-state index contributed by atoms with van der Waals surface area (Å²) in [5.74, 6) is 0. The molecule has 0 spiro atoms. The van der Waals surface area contributed by atoms with Crippen molar-refractivity contribution < 1.29 is 0 Å². The van der Waals surface area contributed by atoms with Crippen LogP contribution in [-0.2, 0) is 19.3 Å². The summed E-state index contributed by atoms with van der Waals surface area (Å²) < 4.78 is 0. The van der Waals surface area contributed by atoms with Gasteiger partial charge in [-0.25, -0.2) is 0 Å². The van der Waals surface area contributed by atoms with Gasteiger partial charge in [0.05, 0.1) is 0 Å². The molecule has 0 saturated heterocycles. The number of benzene rings is 3. The molecule has 0 atom stereocenters. The fourth-order valence-electron chi connectivity index (χ4n) is 3.13. The zero-order valence-electron chi connectivity index (χ0n) is 14.9. The molecule has 0 nitrogen and oxygen atoms in total. The first-order valence-corrected chi connectivity index (χ1v) is 11.1. The minimum absolute atomic E-state index is 0.0683. The van der Waals surface area contributed by atoms with Gasteiger partial charge in [-0.1, -0.05) is 91.0 Å². The molecule has 0 aromatic heterocycles. The zero-order chi connectivity index (χ0) is 17.2. The van der Waals surface area contributed by atoms with E-state index in [0.717, 1.165) is 0 Å². The Labute approximate surface area is 153 Å². The third-order valence-electron chi connectivity index (χ3n) is 4.68. The lowest BCUT2D eigenvalue weighted by molar-refractivity contribution is 1.06. The first-order valence-electron chi connectivity index (χ1n) is 9.24. The SMILES string of the molecule is c1ccc(CCP(CCc2ccccc2)CCc2ccccc2)cc1. The van der Waals surface area contributed by atoms with Crippen LogP contribution in [0.2, 0.25) is 0 Å². The third kappa shape index (κ3) is 6.48. The van der Waals surface area contributed by atoms with E-state index in [1.807, 2.05) is 0 Å². The van der Waals surface area contributed by atoms with E-state index in [1.54, 1.807) is 0 Å². The van der Waals surface area contributed by atoms with E-state index in [4.69, 9.17) is 0 Å². The van der Waals surface area contributed by atoms with E-state index in [9.17, 15) is 0 Å². The van der Waals surface area contributed by atoms with E-state index in [0.29, 0.717) is 0 Å². The molecule has 0 aliphatic heterocycles. The summed E-state index contributed by atoms with van der Waals surface area (Å²) in [5, 5.41) is 0. The van der Waals surface area contributed by atoms with E-state index >= 15 is 0 Å². The van der Waals surface area contributed by atoms with E-state index < -0.39 is 0 Å². The van der Waals surface area contributed by atoms with Crippen LogP contribution < -0.4 is 0 Å². The Morgan fingerprint density at radius 3 is 0.960 bits per heavy atom. The molecule has 0 heterocycles. The highest BCUT2D eigenvalue weighted by molar-refractivity contribution is 7.57. The van der Waals surface area contributed by atoms with Gasteiger partial charge in [0.25, 0.3) is 0 Å². The van der Waals surface area contributed by atoms with Crippen LogP contribution in [-0.4, -0.2) is 18.5 Å². The maximum absolute atomic E-state index is 2.27. The fourth-order valence-corrected chi connectivity index (χ4v) is 5.53. The minimum Gasteiger partial charge on any atom is -0.106 e. The van der Waals surface area contributed by atoms with Gasteiger partial charge < -0.3 is 0 Å². The molecule has 3 rings (SSSR count). The van der Waals surface area contributed by atoms with Crippen LogP contribution in [0.25, 0.3) is 0 Å². The summed E-state index contributed by atoms with van der Waals surface area (Å²) in [6, 6.07) is 32.9. The summed E-state index contributed by atoms with van der Waals surface area (Å²) in [7, 11) is 0.0683. The predicted octanol–water partition coefficient (Wildman–Crippen LogP) is 6.20. The maximum atomic E-state index is 2.27. The Hall–Kier alpha value is -1.91. The second-order valence-corrected chi connectivity index (χ2v) is 9.23. The summed E-state index contributed by atoms with van der Waals surface area (Å²) >= 11 is 0. The topological polar surface area (TPSA) is 0 Å². The van der Waals surface area contributed by atoms with Crippen molar-refractivity contribution in [1.29, 1.82) is 0 Å². The Morgan fingerprint density at radius 1 is 0.400 bits per heavy atom. The Kier molecular flexibility index (Phi) is 7.28. The third-order valence-corrected chi connectivity index (χ3v) is 7.25. The molecule has 0 aliphatic rings. The lowest BCUT2D eigenvalue weighted by Gasteiger charge is -2.18. The van der Waals surface area contributed by atoms with E-state index in [1.165, 1.54) is 54.4 Å². The maximum Gasteiger partial charge on any atom is -0.0239 e. The van der Waals surface area contributed by atoms with Crippen molar-refractivity contribution in [3.63, 3.8) is 0 Å². The van der Waals surface area contributed by atoms with Crippen molar-refractivity contribution in [3.05, 3.63) is 108 Å². The molecule has 0 bridgehead atoms. The summed E-state index contributed by atoms with van der Waals surface area (Å²) in [4.78, 5) is 0.